The van der Waals surface area contributed by atoms with E-state index in [0.717, 1.165) is 54.3 Å². The molecule has 3 aromatic rings. The van der Waals surface area contributed by atoms with Crippen LogP contribution in [0.3, 0.4) is 0 Å². The van der Waals surface area contributed by atoms with Crippen LogP contribution in [0.4, 0.5) is 0 Å². The Labute approximate surface area is 171 Å². The molecular formula is C23H27N3O3. The highest BCUT2D eigenvalue weighted by molar-refractivity contribution is 5.80. The molecule has 1 atom stereocenters. The Hall–Kier alpha value is -3.02. The number of para-hydroxylation sites is 2. The summed E-state index contributed by atoms with van der Waals surface area (Å²) in [5, 5.41) is 0. The predicted molar refractivity (Wildman–Crippen MR) is 112 cm³/mol. The third-order valence-electron chi connectivity index (χ3n) is 5.49. The second kappa shape index (κ2) is 8.55. The molecule has 1 saturated heterocycles. The molecule has 0 aliphatic carbocycles. The lowest BCUT2D eigenvalue weighted by molar-refractivity contribution is -0.126. The van der Waals surface area contributed by atoms with Crippen LogP contribution in [-0.4, -0.2) is 47.7 Å². The summed E-state index contributed by atoms with van der Waals surface area (Å²) < 4.78 is 13.3. The van der Waals surface area contributed by atoms with E-state index in [1.165, 1.54) is 0 Å². The van der Waals surface area contributed by atoms with E-state index in [1.54, 1.807) is 12.0 Å². The second-order valence-corrected chi connectivity index (χ2v) is 7.52. The van der Waals surface area contributed by atoms with Gasteiger partial charge < -0.3 is 18.9 Å². The molecule has 1 aromatic heterocycles. The third kappa shape index (κ3) is 4.21. The fraction of sp³-hybridized carbons (Fsp3) is 0.391. The van der Waals surface area contributed by atoms with Crippen molar-refractivity contribution in [1.29, 1.82) is 0 Å². The minimum atomic E-state index is 0.162. The normalized spacial score (nSPS) is 16.6. The van der Waals surface area contributed by atoms with Crippen LogP contribution in [0.2, 0.25) is 0 Å². The summed E-state index contributed by atoms with van der Waals surface area (Å²) in [4.78, 5) is 18.7. The number of unbranched alkanes of at least 4 members (excludes halogenated alkanes) is 1. The minimum Gasteiger partial charge on any atom is -0.497 e. The molecule has 152 valence electrons. The highest BCUT2D eigenvalue weighted by Gasteiger charge is 2.31. The largest absolute Gasteiger partial charge is 0.497 e. The molecule has 6 nitrogen and oxygen atoms in total. The van der Waals surface area contributed by atoms with Gasteiger partial charge in [-0.1, -0.05) is 12.1 Å². The first-order valence-electron chi connectivity index (χ1n) is 10.1. The van der Waals surface area contributed by atoms with Gasteiger partial charge in [0.1, 0.15) is 17.3 Å². The topological polar surface area (TPSA) is 56.6 Å². The van der Waals surface area contributed by atoms with Crippen LogP contribution in [0.25, 0.3) is 11.0 Å². The fourth-order valence-corrected chi connectivity index (χ4v) is 3.91. The van der Waals surface area contributed by atoms with E-state index in [-0.39, 0.29) is 11.8 Å². The number of hydrogen-bond donors (Lipinski definition) is 0. The Morgan fingerprint density at radius 3 is 2.55 bits per heavy atom. The number of rotatable bonds is 8. The summed E-state index contributed by atoms with van der Waals surface area (Å²) in [6.45, 7) is 2.28. The first-order valence-corrected chi connectivity index (χ1v) is 10.1. The molecule has 1 aliphatic heterocycles. The van der Waals surface area contributed by atoms with Crippen molar-refractivity contribution < 1.29 is 14.3 Å². The van der Waals surface area contributed by atoms with Gasteiger partial charge >= 0.3 is 0 Å². The van der Waals surface area contributed by atoms with Gasteiger partial charge in [-0.25, -0.2) is 4.98 Å². The average Bonchev–Trinajstić information content (AvgIpc) is 3.28. The lowest BCUT2D eigenvalue weighted by Gasteiger charge is -2.14. The van der Waals surface area contributed by atoms with Crippen LogP contribution >= 0.6 is 0 Å². The van der Waals surface area contributed by atoms with E-state index < -0.39 is 0 Å². The number of likely N-dealkylation sites (N-methyl/N-ethyl adjacent to an activating group) is 1. The van der Waals surface area contributed by atoms with Crippen molar-refractivity contribution in [3.05, 3.63) is 54.4 Å². The maximum atomic E-state index is 12.0. The molecule has 1 fully saturated rings. The number of nitrogens with zero attached hydrogens (tertiary/aromatic N) is 3. The van der Waals surface area contributed by atoms with Gasteiger partial charge in [-0.15, -0.1) is 0 Å². The number of carbonyl (C=O) groups is 1. The van der Waals surface area contributed by atoms with Gasteiger partial charge in [-0.05, 0) is 49.2 Å². The number of amides is 1. The Morgan fingerprint density at radius 1 is 1.07 bits per heavy atom. The zero-order valence-corrected chi connectivity index (χ0v) is 17.0. The van der Waals surface area contributed by atoms with Crippen LogP contribution in [0.1, 0.15) is 31.0 Å². The lowest BCUT2D eigenvalue weighted by Crippen LogP contribution is -2.19. The molecule has 1 amide bonds. The van der Waals surface area contributed by atoms with Crippen LogP contribution in [0.5, 0.6) is 11.5 Å². The predicted octanol–water partition coefficient (Wildman–Crippen LogP) is 3.85. The van der Waals surface area contributed by atoms with E-state index in [0.29, 0.717) is 13.0 Å². The highest BCUT2D eigenvalue weighted by Crippen LogP contribution is 2.30. The molecule has 0 radical (unpaired) electrons. The number of ether oxygens (including phenoxy) is 2. The van der Waals surface area contributed by atoms with Crippen molar-refractivity contribution in [2.75, 3.05) is 27.3 Å². The molecule has 29 heavy (non-hydrogen) atoms. The molecular weight excluding hydrogens is 366 g/mol. The summed E-state index contributed by atoms with van der Waals surface area (Å²) in [6, 6.07) is 15.9. The molecule has 1 aliphatic rings. The zero-order valence-electron chi connectivity index (χ0n) is 17.0. The summed E-state index contributed by atoms with van der Waals surface area (Å²) in [7, 11) is 3.52. The molecule has 1 unspecified atom stereocenters. The number of likely N-dealkylation sites (tertiary alicyclic amines) is 1. The number of aryl methyl sites for hydroxylation is 1. The first kappa shape index (κ1) is 19.3. The Morgan fingerprint density at radius 2 is 1.83 bits per heavy atom. The van der Waals surface area contributed by atoms with Gasteiger partial charge in [0.25, 0.3) is 0 Å². The molecule has 6 heteroatoms. The second-order valence-electron chi connectivity index (χ2n) is 7.52. The van der Waals surface area contributed by atoms with Gasteiger partial charge in [0, 0.05) is 32.5 Å². The Balaban J connectivity index is 1.39. The van der Waals surface area contributed by atoms with Crippen LogP contribution in [0, 0.1) is 0 Å². The van der Waals surface area contributed by atoms with Crippen molar-refractivity contribution in [1.82, 2.24) is 14.5 Å². The number of imidazole rings is 1. The van der Waals surface area contributed by atoms with Gasteiger partial charge in [0.15, 0.2) is 0 Å². The van der Waals surface area contributed by atoms with Crippen LogP contribution in [-0.2, 0) is 11.3 Å². The molecule has 0 bridgehead atoms. The van der Waals surface area contributed by atoms with E-state index in [1.807, 2.05) is 49.5 Å². The quantitative estimate of drug-likeness (QED) is 0.546. The maximum Gasteiger partial charge on any atom is 0.223 e. The van der Waals surface area contributed by atoms with E-state index in [9.17, 15) is 4.79 Å². The fourth-order valence-electron chi connectivity index (χ4n) is 3.91. The molecule has 4 rings (SSSR count). The van der Waals surface area contributed by atoms with Crippen LogP contribution in [0.15, 0.2) is 48.5 Å². The van der Waals surface area contributed by atoms with Crippen molar-refractivity contribution in [3.8, 4) is 11.5 Å². The Kier molecular flexibility index (Phi) is 5.69. The average molecular weight is 393 g/mol. The third-order valence-corrected chi connectivity index (χ3v) is 5.49. The van der Waals surface area contributed by atoms with Crippen molar-refractivity contribution >= 4 is 16.9 Å². The number of hydrogen-bond acceptors (Lipinski definition) is 4. The smallest absolute Gasteiger partial charge is 0.223 e. The van der Waals surface area contributed by atoms with E-state index >= 15 is 0 Å². The maximum absolute atomic E-state index is 12.0. The highest BCUT2D eigenvalue weighted by atomic mass is 16.5. The molecule has 2 aromatic carbocycles. The van der Waals surface area contributed by atoms with Gasteiger partial charge in [-0.3, -0.25) is 4.79 Å². The molecule has 0 spiro atoms. The molecule has 2 heterocycles. The van der Waals surface area contributed by atoms with Gasteiger partial charge in [0.2, 0.25) is 5.91 Å². The summed E-state index contributed by atoms with van der Waals surface area (Å²) in [5.41, 5.74) is 2.14. The van der Waals surface area contributed by atoms with Gasteiger partial charge in [-0.2, -0.15) is 0 Å². The molecule has 0 N–H and O–H groups in total. The monoisotopic (exact) mass is 393 g/mol. The number of carbonyl (C=O) groups excluding carboxylic acids is 1. The van der Waals surface area contributed by atoms with Gasteiger partial charge in [0.05, 0.1) is 24.8 Å². The van der Waals surface area contributed by atoms with Crippen molar-refractivity contribution in [3.63, 3.8) is 0 Å². The van der Waals surface area contributed by atoms with Crippen LogP contribution < -0.4 is 9.47 Å². The summed E-state index contributed by atoms with van der Waals surface area (Å²) in [5.74, 6) is 3.07. The number of fused-ring (bicyclic) bond motifs is 1. The summed E-state index contributed by atoms with van der Waals surface area (Å²) >= 11 is 0. The first-order chi connectivity index (χ1) is 14.2. The SMILES string of the molecule is COc1ccc(OCCCCn2c(C3CC(=O)N(C)C3)nc3ccccc32)cc1. The summed E-state index contributed by atoms with van der Waals surface area (Å²) in [6.07, 6.45) is 2.47. The van der Waals surface area contributed by atoms with E-state index in [2.05, 4.69) is 10.6 Å². The molecule has 0 saturated carbocycles. The van der Waals surface area contributed by atoms with E-state index in [4.69, 9.17) is 14.5 Å². The van der Waals surface area contributed by atoms with Crippen molar-refractivity contribution in [2.24, 2.45) is 0 Å². The number of benzene rings is 2. The number of aromatic nitrogens is 2. The number of methoxy groups -OCH3 is 1. The standard InChI is InChI=1S/C23H27N3O3/c1-25-16-17(15-22(25)27)23-24-20-7-3-4-8-21(20)26(23)13-5-6-14-29-19-11-9-18(28-2)10-12-19/h3-4,7-12,17H,5-6,13-16H2,1-2H3. The van der Waals surface area contributed by atoms with Crippen molar-refractivity contribution in [2.45, 2.75) is 31.7 Å². The lowest BCUT2D eigenvalue weighted by atomic mass is 10.1. The zero-order chi connectivity index (χ0) is 20.2. The minimum absolute atomic E-state index is 0.162. The Bertz CT molecular complexity index is 981.